The van der Waals surface area contributed by atoms with E-state index in [1.165, 1.54) is 30.2 Å². The fourth-order valence-electron chi connectivity index (χ4n) is 4.72. The predicted octanol–water partition coefficient (Wildman–Crippen LogP) is 3.06. The predicted molar refractivity (Wildman–Crippen MR) is 106 cm³/mol. The number of anilines is 1. The lowest BCUT2D eigenvalue weighted by Crippen LogP contribution is -2.50. The van der Waals surface area contributed by atoms with Gasteiger partial charge in [0, 0.05) is 23.5 Å². The number of likely N-dealkylation sites (tertiary alicyclic amines) is 1. The summed E-state index contributed by atoms with van der Waals surface area (Å²) in [4.78, 5) is 39.0. The van der Waals surface area contributed by atoms with Gasteiger partial charge in [-0.05, 0) is 57.0 Å². The Hall–Kier alpha value is -3.16. The first-order valence-corrected chi connectivity index (χ1v) is 9.69. The maximum absolute atomic E-state index is 14.2. The van der Waals surface area contributed by atoms with E-state index in [1.54, 1.807) is 26.8 Å². The first kappa shape index (κ1) is 20.1. The number of hydrogen-bond donors (Lipinski definition) is 1. The third kappa shape index (κ3) is 2.81. The summed E-state index contributed by atoms with van der Waals surface area (Å²) >= 11 is 0. The van der Waals surface area contributed by atoms with Gasteiger partial charge in [0.25, 0.3) is 0 Å². The second-order valence-corrected chi connectivity index (χ2v) is 8.65. The molecule has 158 valence electrons. The Balaban J connectivity index is 1.93. The van der Waals surface area contributed by atoms with Crippen molar-refractivity contribution in [2.24, 2.45) is 0 Å². The van der Waals surface area contributed by atoms with Crippen molar-refractivity contribution >= 4 is 24.0 Å². The van der Waals surface area contributed by atoms with E-state index in [4.69, 9.17) is 9.47 Å². The Morgan fingerprint density at radius 1 is 1.33 bits per heavy atom. The maximum Gasteiger partial charge on any atom is 0.410 e. The van der Waals surface area contributed by atoms with Crippen molar-refractivity contribution in [3.8, 4) is 0 Å². The van der Waals surface area contributed by atoms with E-state index < -0.39 is 34.9 Å². The number of esters is 1. The van der Waals surface area contributed by atoms with Gasteiger partial charge in [-0.1, -0.05) is 0 Å². The van der Waals surface area contributed by atoms with Crippen molar-refractivity contribution in [1.82, 2.24) is 4.90 Å². The number of aldehydes is 1. The van der Waals surface area contributed by atoms with Crippen LogP contribution in [0.2, 0.25) is 0 Å². The summed E-state index contributed by atoms with van der Waals surface area (Å²) in [5.74, 6) is -1.05. The number of carbonyl (C=O) groups is 3. The highest BCUT2D eigenvalue weighted by Crippen LogP contribution is 2.57. The van der Waals surface area contributed by atoms with E-state index in [2.05, 4.69) is 5.32 Å². The SMILES string of the molecule is COC(=O)C1=C2Nc3ccc(F)cc3[C@@]23CCN(C(=O)OC(C)(C)C)[C@H]3C(C=O)=C1. The van der Waals surface area contributed by atoms with Crippen LogP contribution in [0.15, 0.2) is 41.1 Å². The summed E-state index contributed by atoms with van der Waals surface area (Å²) in [6, 6.07) is 3.57. The average molecular weight is 414 g/mol. The first-order chi connectivity index (χ1) is 14.1. The van der Waals surface area contributed by atoms with Gasteiger partial charge in [-0.25, -0.2) is 14.0 Å². The number of nitrogens with one attached hydrogen (secondary N) is 1. The minimum Gasteiger partial charge on any atom is -0.465 e. The topological polar surface area (TPSA) is 84.9 Å². The lowest BCUT2D eigenvalue weighted by atomic mass is 9.67. The number of rotatable bonds is 2. The summed E-state index contributed by atoms with van der Waals surface area (Å²) < 4.78 is 24.7. The van der Waals surface area contributed by atoms with Crippen LogP contribution < -0.4 is 5.32 Å². The van der Waals surface area contributed by atoms with Crippen molar-refractivity contribution < 1.29 is 28.2 Å². The lowest BCUT2D eigenvalue weighted by Gasteiger charge is -2.39. The van der Waals surface area contributed by atoms with Crippen molar-refractivity contribution in [2.75, 3.05) is 19.0 Å². The Labute approximate surface area is 173 Å². The zero-order valence-electron chi connectivity index (χ0n) is 17.2. The zero-order chi connectivity index (χ0) is 21.8. The highest BCUT2D eigenvalue weighted by atomic mass is 19.1. The van der Waals surface area contributed by atoms with Crippen LogP contribution in [0.5, 0.6) is 0 Å². The van der Waals surface area contributed by atoms with Gasteiger partial charge in [-0.15, -0.1) is 0 Å². The lowest BCUT2D eigenvalue weighted by molar-refractivity contribution is -0.135. The van der Waals surface area contributed by atoms with Crippen LogP contribution >= 0.6 is 0 Å². The van der Waals surface area contributed by atoms with Gasteiger partial charge < -0.3 is 14.8 Å². The second kappa shape index (κ2) is 6.68. The summed E-state index contributed by atoms with van der Waals surface area (Å²) in [6.45, 7) is 5.56. The second-order valence-electron chi connectivity index (χ2n) is 8.65. The van der Waals surface area contributed by atoms with Crippen LogP contribution in [0, 0.1) is 5.82 Å². The fraction of sp³-hybridized carbons (Fsp3) is 0.409. The Morgan fingerprint density at radius 3 is 2.70 bits per heavy atom. The molecule has 1 fully saturated rings. The molecular formula is C22H23FN2O5. The van der Waals surface area contributed by atoms with Gasteiger partial charge in [-0.3, -0.25) is 9.69 Å². The number of methoxy groups -OCH3 is 1. The Bertz CT molecular complexity index is 1020. The van der Waals surface area contributed by atoms with Gasteiger partial charge >= 0.3 is 12.1 Å². The van der Waals surface area contributed by atoms with Crippen molar-refractivity contribution in [3.63, 3.8) is 0 Å². The Kier molecular flexibility index (Phi) is 4.48. The number of hydrogen-bond acceptors (Lipinski definition) is 6. The molecule has 2 aliphatic heterocycles. The molecule has 0 radical (unpaired) electrons. The van der Waals surface area contributed by atoms with Gasteiger partial charge in [-0.2, -0.15) is 0 Å². The molecule has 1 aromatic rings. The molecule has 0 unspecified atom stereocenters. The largest absolute Gasteiger partial charge is 0.465 e. The van der Waals surface area contributed by atoms with Crippen molar-refractivity contribution in [2.45, 2.75) is 44.2 Å². The van der Waals surface area contributed by atoms with Gasteiger partial charge in [0.1, 0.15) is 17.7 Å². The average Bonchev–Trinajstić information content (AvgIpc) is 3.23. The molecule has 2 heterocycles. The molecule has 30 heavy (non-hydrogen) atoms. The van der Waals surface area contributed by atoms with Gasteiger partial charge in [0.05, 0.1) is 24.1 Å². The third-order valence-corrected chi connectivity index (χ3v) is 5.76. The molecule has 0 saturated carbocycles. The summed E-state index contributed by atoms with van der Waals surface area (Å²) in [5.41, 5.74) is 0.478. The van der Waals surface area contributed by atoms with E-state index in [1.807, 2.05) is 0 Å². The van der Waals surface area contributed by atoms with Crippen LogP contribution in [-0.2, 0) is 24.5 Å². The standard InChI is InChI=1S/C22H23FN2O5/c1-21(2,3)30-20(28)25-8-7-22-15-10-13(23)5-6-16(15)24-17(22)14(19(27)29-4)9-12(11-26)18(22)25/h5-6,9-11,18,24H,7-8H2,1-4H3/t18-,22-/m0/s1. The molecule has 1 spiro atoms. The van der Waals surface area contributed by atoms with Crippen molar-refractivity contribution in [1.29, 1.82) is 0 Å². The maximum atomic E-state index is 14.2. The molecule has 1 aliphatic carbocycles. The molecule has 1 saturated heterocycles. The molecule has 0 aromatic heterocycles. The number of amides is 1. The minimum absolute atomic E-state index is 0.193. The van der Waals surface area contributed by atoms with E-state index in [9.17, 15) is 18.8 Å². The number of benzene rings is 1. The molecule has 0 bridgehead atoms. The first-order valence-electron chi connectivity index (χ1n) is 9.69. The van der Waals surface area contributed by atoms with Gasteiger partial charge in [0.2, 0.25) is 0 Å². The van der Waals surface area contributed by atoms with Crippen LogP contribution in [0.1, 0.15) is 32.8 Å². The molecule has 1 amide bonds. The molecule has 7 nitrogen and oxygen atoms in total. The zero-order valence-corrected chi connectivity index (χ0v) is 17.2. The molecule has 1 aromatic carbocycles. The van der Waals surface area contributed by atoms with E-state index in [0.717, 1.165) is 0 Å². The molecule has 3 aliphatic rings. The smallest absolute Gasteiger partial charge is 0.410 e. The monoisotopic (exact) mass is 414 g/mol. The number of fused-ring (bicyclic) bond motifs is 1. The number of halogens is 1. The highest BCUT2D eigenvalue weighted by Gasteiger charge is 2.61. The van der Waals surface area contributed by atoms with E-state index in [-0.39, 0.29) is 17.7 Å². The van der Waals surface area contributed by atoms with Crippen molar-refractivity contribution in [3.05, 3.63) is 52.5 Å². The fourth-order valence-corrected chi connectivity index (χ4v) is 4.72. The van der Waals surface area contributed by atoms with Crippen LogP contribution in [0.4, 0.5) is 14.9 Å². The summed E-state index contributed by atoms with van der Waals surface area (Å²) in [7, 11) is 1.26. The molecule has 2 atom stereocenters. The van der Waals surface area contributed by atoms with Crippen LogP contribution in [0.3, 0.4) is 0 Å². The number of carbonyl (C=O) groups excluding carboxylic acids is 3. The number of ether oxygens (including phenoxy) is 2. The molecule has 8 heteroatoms. The summed E-state index contributed by atoms with van der Waals surface area (Å²) in [5, 5.41) is 3.22. The van der Waals surface area contributed by atoms with Gasteiger partial charge in [0.15, 0.2) is 0 Å². The quantitative estimate of drug-likeness (QED) is 0.591. The van der Waals surface area contributed by atoms with Crippen LogP contribution in [-0.4, -0.2) is 48.5 Å². The normalized spacial score (nSPS) is 24.4. The third-order valence-electron chi connectivity index (χ3n) is 5.76. The van der Waals surface area contributed by atoms with E-state index in [0.29, 0.717) is 29.7 Å². The molecule has 1 N–H and O–H groups in total. The molecular weight excluding hydrogens is 391 g/mol. The number of nitrogens with zero attached hydrogens (tertiary/aromatic N) is 1. The van der Waals surface area contributed by atoms with Crippen LogP contribution in [0.25, 0.3) is 0 Å². The Morgan fingerprint density at radius 2 is 2.07 bits per heavy atom. The minimum atomic E-state index is -0.969. The summed E-state index contributed by atoms with van der Waals surface area (Å²) in [6.07, 6.45) is 1.89. The highest BCUT2D eigenvalue weighted by molar-refractivity contribution is 5.99. The van der Waals surface area contributed by atoms with E-state index >= 15 is 0 Å². The molecule has 4 rings (SSSR count).